The third-order valence-electron chi connectivity index (χ3n) is 5.34. The van der Waals surface area contributed by atoms with Crippen LogP contribution in [0.2, 0.25) is 0 Å². The van der Waals surface area contributed by atoms with Crippen LogP contribution in [0.5, 0.6) is 0 Å². The number of benzene rings is 1. The molecule has 4 rings (SSSR count). The van der Waals surface area contributed by atoms with Gasteiger partial charge in [0.1, 0.15) is 17.6 Å². The minimum Gasteiger partial charge on any atom is -0.361 e. The van der Waals surface area contributed by atoms with E-state index in [1.807, 2.05) is 6.92 Å². The van der Waals surface area contributed by atoms with E-state index in [0.29, 0.717) is 28.8 Å². The van der Waals surface area contributed by atoms with Gasteiger partial charge in [0.15, 0.2) is 0 Å². The van der Waals surface area contributed by atoms with E-state index < -0.39 is 17.5 Å². The van der Waals surface area contributed by atoms with Crippen molar-refractivity contribution >= 4 is 11.0 Å². The van der Waals surface area contributed by atoms with Crippen LogP contribution in [-0.2, 0) is 17.8 Å². The first-order valence-electron chi connectivity index (χ1n) is 10.1. The molecule has 162 valence electrons. The number of nitrogens with one attached hydrogen (secondary N) is 1. The molecule has 3 heterocycles. The maximum atomic E-state index is 13.9. The number of hydrogen-bond acceptors (Lipinski definition) is 4. The van der Waals surface area contributed by atoms with Crippen LogP contribution in [0.4, 0.5) is 4.39 Å². The standard InChI is InChI=1S/C22H24FN5O3/c1-4-9-27-19-10-18(25-20(19)21(29)28(22(27)30)14(2)31-3)16-11-24-26(13-16)12-15-7-5-6-8-17(15)23/h5-8,10-11,13-14,25H,4,9,12H2,1-3H3. The maximum Gasteiger partial charge on any atom is 0.333 e. The molecule has 1 aromatic carbocycles. The van der Waals surface area contributed by atoms with Crippen LogP contribution >= 0.6 is 0 Å². The Bertz CT molecular complexity index is 1350. The Kier molecular flexibility index (Phi) is 5.60. The SMILES string of the molecule is CCCn1c(=O)n(C(C)OC)c(=O)c2[nH]c(-c3cnn(Cc4ccccc4F)c3)cc21. The van der Waals surface area contributed by atoms with E-state index in [1.165, 1.54) is 13.2 Å². The lowest BCUT2D eigenvalue weighted by Crippen LogP contribution is -2.42. The quantitative estimate of drug-likeness (QED) is 0.493. The van der Waals surface area contributed by atoms with Gasteiger partial charge in [0.05, 0.1) is 24.0 Å². The van der Waals surface area contributed by atoms with E-state index in [4.69, 9.17) is 4.74 Å². The number of hydrogen-bond donors (Lipinski definition) is 1. The third kappa shape index (κ3) is 3.72. The lowest BCUT2D eigenvalue weighted by atomic mass is 10.2. The third-order valence-corrected chi connectivity index (χ3v) is 5.34. The minimum absolute atomic E-state index is 0.283. The van der Waals surface area contributed by atoms with Crippen LogP contribution in [0.25, 0.3) is 22.3 Å². The highest BCUT2D eigenvalue weighted by Crippen LogP contribution is 2.22. The molecule has 9 heteroatoms. The van der Waals surface area contributed by atoms with Gasteiger partial charge in [-0.05, 0) is 25.5 Å². The second kappa shape index (κ2) is 8.35. The number of aromatic amines is 1. The predicted molar refractivity (Wildman–Crippen MR) is 116 cm³/mol. The van der Waals surface area contributed by atoms with Crippen molar-refractivity contribution < 1.29 is 9.13 Å². The van der Waals surface area contributed by atoms with Crippen molar-refractivity contribution in [3.8, 4) is 11.3 Å². The smallest absolute Gasteiger partial charge is 0.333 e. The van der Waals surface area contributed by atoms with Crippen LogP contribution in [0.3, 0.4) is 0 Å². The van der Waals surface area contributed by atoms with Gasteiger partial charge in [-0.25, -0.2) is 13.8 Å². The van der Waals surface area contributed by atoms with E-state index in [9.17, 15) is 14.0 Å². The molecule has 0 radical (unpaired) electrons. The molecule has 1 atom stereocenters. The number of methoxy groups -OCH3 is 1. The molecular weight excluding hydrogens is 401 g/mol. The van der Waals surface area contributed by atoms with Crippen LogP contribution < -0.4 is 11.2 Å². The van der Waals surface area contributed by atoms with Crippen molar-refractivity contribution in [2.45, 2.75) is 39.6 Å². The van der Waals surface area contributed by atoms with Gasteiger partial charge in [-0.2, -0.15) is 5.10 Å². The molecule has 4 aromatic rings. The number of H-pyrrole nitrogens is 1. The molecule has 0 bridgehead atoms. The molecule has 31 heavy (non-hydrogen) atoms. The molecule has 0 aliphatic carbocycles. The summed E-state index contributed by atoms with van der Waals surface area (Å²) in [6.45, 7) is 4.37. The Balaban J connectivity index is 1.80. The first-order valence-corrected chi connectivity index (χ1v) is 10.1. The van der Waals surface area contributed by atoms with Crippen LogP contribution in [0, 0.1) is 5.82 Å². The fraction of sp³-hybridized carbons (Fsp3) is 0.318. The molecule has 3 aromatic heterocycles. The Hall–Kier alpha value is -3.46. The van der Waals surface area contributed by atoms with Gasteiger partial charge >= 0.3 is 5.69 Å². The zero-order valence-corrected chi connectivity index (χ0v) is 17.6. The number of aryl methyl sites for hydroxylation is 1. The second-order valence-electron chi connectivity index (χ2n) is 7.41. The maximum absolute atomic E-state index is 13.9. The lowest BCUT2D eigenvalue weighted by molar-refractivity contribution is 0.0531. The fourth-order valence-electron chi connectivity index (χ4n) is 3.67. The highest BCUT2D eigenvalue weighted by Gasteiger charge is 2.19. The first kappa shape index (κ1) is 20.8. The number of fused-ring (bicyclic) bond motifs is 1. The zero-order chi connectivity index (χ0) is 22.1. The molecule has 0 saturated carbocycles. The van der Waals surface area contributed by atoms with E-state index in [2.05, 4.69) is 10.1 Å². The summed E-state index contributed by atoms with van der Waals surface area (Å²) >= 11 is 0. The summed E-state index contributed by atoms with van der Waals surface area (Å²) in [7, 11) is 1.45. The molecule has 0 spiro atoms. The summed E-state index contributed by atoms with van der Waals surface area (Å²) < 4.78 is 23.5. The number of rotatable bonds is 7. The number of halogens is 1. The molecule has 1 N–H and O–H groups in total. The predicted octanol–water partition coefficient (Wildman–Crippen LogP) is 3.12. The largest absolute Gasteiger partial charge is 0.361 e. The summed E-state index contributed by atoms with van der Waals surface area (Å²) in [4.78, 5) is 29.1. The van der Waals surface area contributed by atoms with Gasteiger partial charge in [0.2, 0.25) is 0 Å². The Morgan fingerprint density at radius 1 is 1.26 bits per heavy atom. The van der Waals surface area contributed by atoms with Crippen molar-refractivity contribution in [2.24, 2.45) is 0 Å². The van der Waals surface area contributed by atoms with E-state index in [0.717, 1.165) is 16.6 Å². The van der Waals surface area contributed by atoms with Crippen molar-refractivity contribution in [3.05, 3.63) is 74.9 Å². The molecule has 0 aliphatic heterocycles. The van der Waals surface area contributed by atoms with Gasteiger partial charge in [-0.1, -0.05) is 25.1 Å². The summed E-state index contributed by atoms with van der Waals surface area (Å²) in [5.41, 5.74) is 1.93. The monoisotopic (exact) mass is 425 g/mol. The van der Waals surface area contributed by atoms with Crippen LogP contribution in [0.1, 0.15) is 32.1 Å². The van der Waals surface area contributed by atoms with Gasteiger partial charge < -0.3 is 9.72 Å². The van der Waals surface area contributed by atoms with E-state index in [-0.39, 0.29) is 12.4 Å². The first-order chi connectivity index (χ1) is 14.9. The molecule has 0 fully saturated rings. The summed E-state index contributed by atoms with van der Waals surface area (Å²) in [5.74, 6) is -0.290. The summed E-state index contributed by atoms with van der Waals surface area (Å²) in [6, 6.07) is 8.32. The van der Waals surface area contributed by atoms with Crippen molar-refractivity contribution in [1.82, 2.24) is 23.9 Å². The number of ether oxygens (including phenoxy) is 1. The molecule has 0 saturated heterocycles. The van der Waals surface area contributed by atoms with Crippen molar-refractivity contribution in [2.75, 3.05) is 7.11 Å². The number of nitrogens with zero attached hydrogens (tertiary/aromatic N) is 4. The van der Waals surface area contributed by atoms with Gasteiger partial charge in [-0.15, -0.1) is 0 Å². The Morgan fingerprint density at radius 2 is 2.03 bits per heavy atom. The fourth-order valence-corrected chi connectivity index (χ4v) is 3.67. The van der Waals surface area contributed by atoms with Gasteiger partial charge in [-0.3, -0.25) is 14.0 Å². The van der Waals surface area contributed by atoms with E-state index >= 15 is 0 Å². The molecule has 8 nitrogen and oxygen atoms in total. The second-order valence-corrected chi connectivity index (χ2v) is 7.41. The van der Waals surface area contributed by atoms with Crippen molar-refractivity contribution in [3.63, 3.8) is 0 Å². The van der Waals surface area contributed by atoms with E-state index in [1.54, 1.807) is 52.8 Å². The molecule has 0 aliphatic rings. The van der Waals surface area contributed by atoms with Crippen LogP contribution in [0.15, 0.2) is 52.3 Å². The summed E-state index contributed by atoms with van der Waals surface area (Å²) in [6.07, 6.45) is 3.46. The van der Waals surface area contributed by atoms with Crippen LogP contribution in [-0.4, -0.2) is 31.0 Å². The minimum atomic E-state index is -0.692. The van der Waals surface area contributed by atoms with Gasteiger partial charge in [0.25, 0.3) is 5.56 Å². The average Bonchev–Trinajstić information content (AvgIpc) is 3.40. The topological polar surface area (TPSA) is 86.8 Å². The average molecular weight is 425 g/mol. The highest BCUT2D eigenvalue weighted by molar-refractivity contribution is 5.82. The molecular formula is C22H24FN5O3. The Morgan fingerprint density at radius 3 is 2.74 bits per heavy atom. The normalized spacial score (nSPS) is 12.5. The zero-order valence-electron chi connectivity index (χ0n) is 17.6. The van der Waals surface area contributed by atoms with Crippen molar-refractivity contribution in [1.29, 1.82) is 0 Å². The van der Waals surface area contributed by atoms with Gasteiger partial charge in [0, 0.05) is 31.0 Å². The summed E-state index contributed by atoms with van der Waals surface area (Å²) in [5, 5.41) is 4.32. The molecule has 1 unspecified atom stereocenters. The Labute approximate surface area is 177 Å². The number of aromatic nitrogens is 5. The highest BCUT2D eigenvalue weighted by atomic mass is 19.1. The molecule has 0 amide bonds. The lowest BCUT2D eigenvalue weighted by Gasteiger charge is -2.15.